The Hall–Kier alpha value is -3.41. The minimum atomic E-state index is -1.05. The number of carbonyl (C=O) groups is 1. The van der Waals surface area contributed by atoms with Crippen molar-refractivity contribution in [1.82, 2.24) is 0 Å². The van der Waals surface area contributed by atoms with E-state index < -0.39 is 37.7 Å². The molecular weight excluding hydrogens is 418 g/mol. The van der Waals surface area contributed by atoms with Crippen LogP contribution in [-0.2, 0) is 11.3 Å². The second kappa shape index (κ2) is 7.65. The Morgan fingerprint density at radius 2 is 1.54 bits per heavy atom. The van der Waals surface area contributed by atoms with Crippen LogP contribution >= 0.6 is 15.9 Å². The maximum Gasteiger partial charge on any atom is 0.338 e. The summed E-state index contributed by atoms with van der Waals surface area (Å²) < 4.78 is 4.56. The third-order valence-corrected chi connectivity index (χ3v) is 3.97. The van der Waals surface area contributed by atoms with Crippen molar-refractivity contribution in [2.45, 2.75) is 6.61 Å². The fourth-order valence-corrected chi connectivity index (χ4v) is 2.49. The summed E-state index contributed by atoms with van der Waals surface area (Å²) in [6, 6.07) is 7.01. The zero-order chi connectivity index (χ0) is 19.4. The van der Waals surface area contributed by atoms with Gasteiger partial charge in [-0.3, -0.25) is 30.3 Å². The number of carbonyl (C=O) groups excluding carboxylic acids is 1. The van der Waals surface area contributed by atoms with Gasteiger partial charge in [0, 0.05) is 24.3 Å². The van der Waals surface area contributed by atoms with Crippen molar-refractivity contribution >= 4 is 39.0 Å². The van der Waals surface area contributed by atoms with Crippen molar-refractivity contribution in [2.75, 3.05) is 0 Å². The molecule has 12 heteroatoms. The van der Waals surface area contributed by atoms with Crippen molar-refractivity contribution in [3.63, 3.8) is 0 Å². The van der Waals surface area contributed by atoms with Gasteiger partial charge in [0.25, 0.3) is 17.1 Å². The number of ether oxygens (including phenoxy) is 1. The van der Waals surface area contributed by atoms with Crippen LogP contribution in [0.2, 0.25) is 0 Å². The molecule has 0 aliphatic rings. The van der Waals surface area contributed by atoms with Gasteiger partial charge in [0.15, 0.2) is 4.47 Å². The number of nitro groups is 3. The molecule has 2 aromatic rings. The van der Waals surface area contributed by atoms with Crippen molar-refractivity contribution < 1.29 is 24.3 Å². The van der Waals surface area contributed by atoms with Gasteiger partial charge in [0.1, 0.15) is 6.61 Å². The first-order chi connectivity index (χ1) is 12.2. The monoisotopic (exact) mass is 425 g/mol. The third kappa shape index (κ3) is 4.16. The van der Waals surface area contributed by atoms with E-state index in [9.17, 15) is 35.1 Å². The zero-order valence-electron chi connectivity index (χ0n) is 12.7. The summed E-state index contributed by atoms with van der Waals surface area (Å²) in [7, 11) is 0. The Morgan fingerprint density at radius 3 is 2.04 bits per heavy atom. The summed E-state index contributed by atoms with van der Waals surface area (Å²) >= 11 is 2.76. The predicted octanol–water partition coefficient (Wildman–Crippen LogP) is 3.53. The Bertz CT molecular complexity index is 895. The maximum absolute atomic E-state index is 12.1. The standard InChI is InChI=1S/C14H8BrN3O8/c15-13-11(17(22)23)5-9(6-12(13)18(24)25)14(19)26-7-8-2-1-3-10(4-8)16(20)21/h1-6H,7H2. The lowest BCUT2D eigenvalue weighted by Crippen LogP contribution is -2.07. The second-order valence-corrected chi connectivity index (χ2v) is 5.64. The molecular formula is C14H8BrN3O8. The van der Waals surface area contributed by atoms with Crippen LogP contribution in [0.15, 0.2) is 40.9 Å². The number of rotatable bonds is 6. The number of non-ortho nitro benzene ring substituents is 1. The minimum Gasteiger partial charge on any atom is -0.457 e. The molecule has 0 aliphatic carbocycles. The van der Waals surface area contributed by atoms with Gasteiger partial charge in [-0.1, -0.05) is 12.1 Å². The van der Waals surface area contributed by atoms with Crippen LogP contribution in [0.1, 0.15) is 15.9 Å². The lowest BCUT2D eigenvalue weighted by atomic mass is 10.1. The van der Waals surface area contributed by atoms with Crippen LogP contribution in [0.3, 0.4) is 0 Å². The number of esters is 1. The largest absolute Gasteiger partial charge is 0.457 e. The first kappa shape index (κ1) is 18.9. The molecule has 0 aliphatic heterocycles. The highest BCUT2D eigenvalue weighted by Gasteiger charge is 2.27. The molecule has 0 amide bonds. The zero-order valence-corrected chi connectivity index (χ0v) is 14.2. The second-order valence-electron chi connectivity index (χ2n) is 4.85. The molecule has 0 saturated heterocycles. The molecule has 0 spiro atoms. The van der Waals surface area contributed by atoms with Crippen LogP contribution in [0, 0.1) is 30.3 Å². The van der Waals surface area contributed by atoms with Crippen molar-refractivity contribution in [1.29, 1.82) is 0 Å². The number of nitrogens with zero attached hydrogens (tertiary/aromatic N) is 3. The number of hydrogen-bond acceptors (Lipinski definition) is 8. The molecule has 0 heterocycles. The molecule has 0 bridgehead atoms. The number of nitro benzene ring substituents is 3. The van der Waals surface area contributed by atoms with Crippen LogP contribution in [0.4, 0.5) is 17.1 Å². The summed E-state index contributed by atoms with van der Waals surface area (Å²) in [5.41, 5.74) is -1.61. The topological polar surface area (TPSA) is 156 Å². The van der Waals surface area contributed by atoms with Gasteiger partial charge in [-0.15, -0.1) is 0 Å². The van der Waals surface area contributed by atoms with Gasteiger partial charge < -0.3 is 4.74 Å². The highest BCUT2D eigenvalue weighted by Crippen LogP contribution is 2.35. The Balaban J connectivity index is 2.27. The smallest absolute Gasteiger partial charge is 0.338 e. The molecule has 2 rings (SSSR count). The Labute approximate surface area is 152 Å². The molecule has 0 fully saturated rings. The lowest BCUT2D eigenvalue weighted by Gasteiger charge is -2.06. The number of halogens is 1. The maximum atomic E-state index is 12.1. The van der Waals surface area contributed by atoms with Gasteiger partial charge in [0.2, 0.25) is 0 Å². The fourth-order valence-electron chi connectivity index (χ4n) is 1.97. The van der Waals surface area contributed by atoms with Gasteiger partial charge in [-0.05, 0) is 21.5 Å². The SMILES string of the molecule is O=C(OCc1cccc([N+](=O)[O-])c1)c1cc([N+](=O)[O-])c(Br)c([N+](=O)[O-])c1. The van der Waals surface area contributed by atoms with Gasteiger partial charge >= 0.3 is 5.97 Å². The minimum absolute atomic E-state index is 0.200. The summed E-state index contributed by atoms with van der Waals surface area (Å²) in [5, 5.41) is 32.7. The molecule has 0 radical (unpaired) electrons. The van der Waals surface area contributed by atoms with Crippen LogP contribution < -0.4 is 0 Å². The van der Waals surface area contributed by atoms with E-state index in [1.807, 2.05) is 0 Å². The molecule has 0 aromatic heterocycles. The van der Waals surface area contributed by atoms with E-state index in [2.05, 4.69) is 15.9 Å². The quantitative estimate of drug-likeness (QED) is 0.386. The molecule has 26 heavy (non-hydrogen) atoms. The molecule has 134 valence electrons. The van der Waals surface area contributed by atoms with Crippen molar-refractivity contribution in [2.24, 2.45) is 0 Å². The van der Waals surface area contributed by atoms with E-state index in [4.69, 9.17) is 4.74 Å². The first-order valence-corrected chi connectivity index (χ1v) is 7.52. The molecule has 2 aromatic carbocycles. The molecule has 0 unspecified atom stereocenters. The van der Waals surface area contributed by atoms with E-state index in [1.165, 1.54) is 24.3 Å². The Kier molecular flexibility index (Phi) is 5.57. The molecule has 11 nitrogen and oxygen atoms in total. The summed E-state index contributed by atoms with van der Waals surface area (Å²) in [6.07, 6.45) is 0. The number of benzene rings is 2. The molecule has 0 atom stereocenters. The van der Waals surface area contributed by atoms with Crippen LogP contribution in [-0.4, -0.2) is 20.7 Å². The number of hydrogen-bond donors (Lipinski definition) is 0. The average molecular weight is 426 g/mol. The summed E-state index contributed by atoms with van der Waals surface area (Å²) in [6.45, 7) is -0.349. The predicted molar refractivity (Wildman–Crippen MR) is 89.7 cm³/mol. The highest BCUT2D eigenvalue weighted by atomic mass is 79.9. The van der Waals surface area contributed by atoms with Crippen molar-refractivity contribution in [3.05, 3.63) is 82.3 Å². The average Bonchev–Trinajstić information content (AvgIpc) is 2.59. The van der Waals surface area contributed by atoms with E-state index in [1.54, 1.807) is 0 Å². The van der Waals surface area contributed by atoms with Crippen LogP contribution in [0.25, 0.3) is 0 Å². The summed E-state index contributed by atoms with van der Waals surface area (Å²) in [5.74, 6) is -1.05. The molecule has 0 N–H and O–H groups in total. The summed E-state index contributed by atoms with van der Waals surface area (Å²) in [4.78, 5) is 42.4. The van der Waals surface area contributed by atoms with Gasteiger partial charge in [0.05, 0.1) is 20.3 Å². The highest BCUT2D eigenvalue weighted by molar-refractivity contribution is 9.10. The van der Waals surface area contributed by atoms with E-state index in [0.29, 0.717) is 5.56 Å². The van der Waals surface area contributed by atoms with E-state index in [-0.39, 0.29) is 16.8 Å². The van der Waals surface area contributed by atoms with Gasteiger partial charge in [-0.2, -0.15) is 0 Å². The molecule has 0 saturated carbocycles. The first-order valence-electron chi connectivity index (χ1n) is 6.73. The fraction of sp³-hybridized carbons (Fsp3) is 0.0714. The van der Waals surface area contributed by atoms with Crippen molar-refractivity contribution in [3.8, 4) is 0 Å². The Morgan fingerprint density at radius 1 is 0.962 bits per heavy atom. The van der Waals surface area contributed by atoms with E-state index in [0.717, 1.165) is 12.1 Å². The lowest BCUT2D eigenvalue weighted by molar-refractivity contribution is -0.395. The normalized spacial score (nSPS) is 10.2. The van der Waals surface area contributed by atoms with Crippen LogP contribution in [0.5, 0.6) is 0 Å². The van der Waals surface area contributed by atoms with Gasteiger partial charge in [-0.25, -0.2) is 4.79 Å². The van der Waals surface area contributed by atoms with E-state index >= 15 is 0 Å². The third-order valence-electron chi connectivity index (χ3n) is 3.15.